The Morgan fingerprint density at radius 3 is 2.81 bits per heavy atom. The number of nitrogens with one attached hydrogen (secondary N) is 1. The van der Waals surface area contributed by atoms with Gasteiger partial charge in [-0.25, -0.2) is 16.8 Å². The van der Waals surface area contributed by atoms with Crippen LogP contribution >= 0.6 is 0 Å². The van der Waals surface area contributed by atoms with Gasteiger partial charge < -0.3 is 10.1 Å². The van der Waals surface area contributed by atoms with Crippen molar-refractivity contribution in [2.75, 3.05) is 13.2 Å². The molecule has 1 fully saturated rings. The Labute approximate surface area is 151 Å². The smallest absolute Gasteiger partial charge is 0.268 e. The number of hydrogen-bond acceptors (Lipinski definition) is 4. The second-order valence-corrected chi connectivity index (χ2v) is 8.18. The molecular weight excluding hydrogens is 355 g/mol. The average Bonchev–Trinajstić information content (AvgIpc) is 3.30. The maximum absolute atomic E-state index is 13.5. The van der Waals surface area contributed by atoms with Gasteiger partial charge in [0.1, 0.15) is 18.2 Å². The molecule has 0 saturated carbocycles. The van der Waals surface area contributed by atoms with Crippen molar-refractivity contribution >= 4 is 20.9 Å². The van der Waals surface area contributed by atoms with E-state index in [2.05, 4.69) is 5.32 Å². The molecule has 136 valence electrons. The first-order valence-corrected chi connectivity index (χ1v) is 9.97. The molecule has 2 heterocycles. The average molecular weight is 374 g/mol. The minimum Gasteiger partial charge on any atom is -0.491 e. The first kappa shape index (κ1) is 17.1. The summed E-state index contributed by atoms with van der Waals surface area (Å²) in [5.41, 5.74) is 0.506. The Morgan fingerprint density at radius 2 is 2.04 bits per heavy atom. The van der Waals surface area contributed by atoms with Crippen molar-refractivity contribution in [2.45, 2.75) is 23.8 Å². The van der Waals surface area contributed by atoms with Crippen LogP contribution in [0.25, 0.3) is 10.9 Å². The second kappa shape index (κ2) is 6.74. The lowest BCUT2D eigenvalue weighted by atomic mass is 10.2. The van der Waals surface area contributed by atoms with Crippen LogP contribution in [0.2, 0.25) is 0 Å². The monoisotopic (exact) mass is 374 g/mol. The van der Waals surface area contributed by atoms with E-state index in [9.17, 15) is 12.8 Å². The minimum atomic E-state index is -3.88. The van der Waals surface area contributed by atoms with Gasteiger partial charge in [-0.3, -0.25) is 0 Å². The highest BCUT2D eigenvalue weighted by Gasteiger charge is 2.21. The van der Waals surface area contributed by atoms with E-state index >= 15 is 0 Å². The van der Waals surface area contributed by atoms with Gasteiger partial charge in [0.15, 0.2) is 0 Å². The fourth-order valence-corrected chi connectivity index (χ4v) is 4.66. The molecule has 0 radical (unpaired) electrons. The highest BCUT2D eigenvalue weighted by Crippen LogP contribution is 2.29. The Morgan fingerprint density at radius 1 is 1.19 bits per heavy atom. The fraction of sp³-hybridized carbons (Fsp3) is 0.263. The summed E-state index contributed by atoms with van der Waals surface area (Å²) in [6.07, 6.45) is 3.69. The number of hydrogen-bond donors (Lipinski definition) is 1. The third-order valence-electron chi connectivity index (χ3n) is 4.61. The highest BCUT2D eigenvalue weighted by molar-refractivity contribution is 7.90. The number of nitrogens with zero attached hydrogens (tertiary/aromatic N) is 1. The minimum absolute atomic E-state index is 0.0866. The molecule has 0 unspecified atom stereocenters. The molecule has 0 amide bonds. The largest absolute Gasteiger partial charge is 0.491 e. The van der Waals surface area contributed by atoms with Crippen molar-refractivity contribution < 1.29 is 17.5 Å². The molecule has 1 N–H and O–H groups in total. The van der Waals surface area contributed by atoms with Crippen molar-refractivity contribution in [2.24, 2.45) is 0 Å². The number of benzene rings is 2. The van der Waals surface area contributed by atoms with Gasteiger partial charge in [0, 0.05) is 17.6 Å². The Balaban J connectivity index is 1.70. The molecule has 7 heteroatoms. The zero-order valence-electron chi connectivity index (χ0n) is 14.1. The summed E-state index contributed by atoms with van der Waals surface area (Å²) >= 11 is 0. The van der Waals surface area contributed by atoms with Gasteiger partial charge in [-0.05, 0) is 55.8 Å². The van der Waals surface area contributed by atoms with E-state index < -0.39 is 15.8 Å². The van der Waals surface area contributed by atoms with Crippen LogP contribution in [0, 0.1) is 5.82 Å². The van der Waals surface area contributed by atoms with Crippen LogP contribution in [-0.4, -0.2) is 31.6 Å². The number of rotatable bonds is 5. The summed E-state index contributed by atoms with van der Waals surface area (Å²) in [7, 11) is -3.88. The van der Waals surface area contributed by atoms with E-state index in [1.807, 2.05) is 6.07 Å². The van der Waals surface area contributed by atoms with E-state index in [4.69, 9.17) is 4.74 Å². The van der Waals surface area contributed by atoms with Gasteiger partial charge in [-0.2, -0.15) is 0 Å². The van der Waals surface area contributed by atoms with Crippen LogP contribution in [0.4, 0.5) is 4.39 Å². The highest BCUT2D eigenvalue weighted by atomic mass is 32.2. The quantitative estimate of drug-likeness (QED) is 0.745. The van der Waals surface area contributed by atoms with Gasteiger partial charge in [-0.1, -0.05) is 12.1 Å². The molecule has 3 aromatic rings. The summed E-state index contributed by atoms with van der Waals surface area (Å²) in [5.74, 6) is 0.0556. The van der Waals surface area contributed by atoms with E-state index in [-0.39, 0.29) is 4.90 Å². The van der Waals surface area contributed by atoms with Gasteiger partial charge >= 0.3 is 0 Å². The molecule has 2 aromatic carbocycles. The first-order chi connectivity index (χ1) is 12.6. The molecule has 0 aliphatic carbocycles. The standard InChI is InChI=1S/C19H19FN2O3S/c20-14-4-1-6-16(12-14)26(23,24)22-11-9-17-18(22)7-2-8-19(17)25-13-15-5-3-10-21-15/h1-2,4,6-9,11-12,15,21H,3,5,10,13H2/t15-/m0/s1. The summed E-state index contributed by atoms with van der Waals surface area (Å²) in [4.78, 5) is -0.0866. The summed E-state index contributed by atoms with van der Waals surface area (Å²) in [5, 5.41) is 4.08. The van der Waals surface area contributed by atoms with E-state index in [1.54, 1.807) is 18.2 Å². The zero-order chi connectivity index (χ0) is 18.1. The van der Waals surface area contributed by atoms with Gasteiger partial charge in [0.05, 0.1) is 10.4 Å². The first-order valence-electron chi connectivity index (χ1n) is 8.53. The SMILES string of the molecule is O=S(=O)(c1cccc(F)c1)n1ccc2c(OC[C@@H]3CCCN3)cccc21. The van der Waals surface area contributed by atoms with Gasteiger partial charge in [0.2, 0.25) is 0 Å². The molecule has 4 rings (SSSR count). The Kier molecular flexibility index (Phi) is 4.42. The molecule has 1 saturated heterocycles. The topological polar surface area (TPSA) is 60.3 Å². The number of halogens is 1. The molecule has 0 spiro atoms. The van der Waals surface area contributed by atoms with Gasteiger partial charge in [-0.15, -0.1) is 0 Å². The van der Waals surface area contributed by atoms with Crippen LogP contribution in [0.5, 0.6) is 5.75 Å². The third kappa shape index (κ3) is 3.08. The Bertz CT molecular complexity index is 1040. The normalized spacial score (nSPS) is 17.7. The summed E-state index contributed by atoms with van der Waals surface area (Å²) in [6.45, 7) is 1.54. The van der Waals surface area contributed by atoms with Crippen LogP contribution in [0.15, 0.2) is 59.6 Å². The molecule has 1 aliphatic heterocycles. The second-order valence-electron chi connectivity index (χ2n) is 6.37. The molecule has 0 bridgehead atoms. The molecule has 26 heavy (non-hydrogen) atoms. The predicted octanol–water partition coefficient (Wildman–Crippen LogP) is 3.15. The summed E-state index contributed by atoms with van der Waals surface area (Å²) in [6, 6.07) is 12.4. The number of ether oxygens (including phenoxy) is 1. The van der Waals surface area contributed by atoms with Gasteiger partial charge in [0.25, 0.3) is 10.0 Å². The van der Waals surface area contributed by atoms with E-state index in [1.165, 1.54) is 24.4 Å². The lowest BCUT2D eigenvalue weighted by Crippen LogP contribution is -2.28. The van der Waals surface area contributed by atoms with Crippen LogP contribution in [0.3, 0.4) is 0 Å². The number of aromatic nitrogens is 1. The molecule has 1 atom stereocenters. The van der Waals surface area contributed by atoms with Crippen LogP contribution in [0.1, 0.15) is 12.8 Å². The molecule has 1 aliphatic rings. The van der Waals surface area contributed by atoms with Crippen molar-refractivity contribution in [3.8, 4) is 5.75 Å². The zero-order valence-corrected chi connectivity index (χ0v) is 14.9. The maximum Gasteiger partial charge on any atom is 0.268 e. The lowest BCUT2D eigenvalue weighted by molar-refractivity contribution is 0.280. The Hall–Kier alpha value is -2.38. The third-order valence-corrected chi connectivity index (χ3v) is 6.30. The number of fused-ring (bicyclic) bond motifs is 1. The van der Waals surface area contributed by atoms with Crippen LogP contribution < -0.4 is 10.1 Å². The van der Waals surface area contributed by atoms with Crippen molar-refractivity contribution in [3.63, 3.8) is 0 Å². The molecule has 1 aromatic heterocycles. The fourth-order valence-electron chi connectivity index (χ4n) is 3.28. The van der Waals surface area contributed by atoms with E-state index in [0.717, 1.165) is 29.4 Å². The molecule has 5 nitrogen and oxygen atoms in total. The van der Waals surface area contributed by atoms with Crippen molar-refractivity contribution in [1.82, 2.24) is 9.29 Å². The maximum atomic E-state index is 13.5. The summed E-state index contributed by atoms with van der Waals surface area (Å²) < 4.78 is 46.3. The van der Waals surface area contributed by atoms with E-state index in [0.29, 0.717) is 29.3 Å². The predicted molar refractivity (Wildman–Crippen MR) is 97.4 cm³/mol. The molecular formula is C19H19FN2O3S. The lowest BCUT2D eigenvalue weighted by Gasteiger charge is -2.13. The van der Waals surface area contributed by atoms with Crippen LogP contribution in [-0.2, 0) is 10.0 Å². The van der Waals surface area contributed by atoms with Crippen molar-refractivity contribution in [1.29, 1.82) is 0 Å². The van der Waals surface area contributed by atoms with Crippen molar-refractivity contribution in [3.05, 3.63) is 60.5 Å².